The SMILES string of the molecule is C(=N/Nc1nnc(-c2ccccc2)s1)/c1ccccc1. The molecule has 0 aliphatic carbocycles. The number of hydrogen-bond acceptors (Lipinski definition) is 5. The zero-order chi connectivity index (χ0) is 13.6. The van der Waals surface area contributed by atoms with Gasteiger partial charge in [0.2, 0.25) is 5.13 Å². The second-order valence-corrected chi connectivity index (χ2v) is 5.04. The van der Waals surface area contributed by atoms with Crippen LogP contribution in [-0.2, 0) is 0 Å². The fraction of sp³-hybridized carbons (Fsp3) is 0. The molecule has 5 heteroatoms. The number of anilines is 1. The fourth-order valence-corrected chi connectivity index (χ4v) is 2.37. The molecule has 1 heterocycles. The third-order valence-electron chi connectivity index (χ3n) is 2.62. The Bertz CT molecular complexity index is 692. The maximum Gasteiger partial charge on any atom is 0.226 e. The first-order valence-electron chi connectivity index (χ1n) is 6.15. The predicted molar refractivity (Wildman–Crippen MR) is 83.0 cm³/mol. The molecule has 0 atom stereocenters. The Morgan fingerprint density at radius 1 is 0.900 bits per heavy atom. The number of nitrogens with one attached hydrogen (secondary N) is 1. The lowest BCUT2D eigenvalue weighted by molar-refractivity contribution is 1.08. The summed E-state index contributed by atoms with van der Waals surface area (Å²) in [5, 5.41) is 13.9. The minimum Gasteiger partial charge on any atom is -0.251 e. The van der Waals surface area contributed by atoms with Gasteiger partial charge in [0.15, 0.2) is 0 Å². The highest BCUT2D eigenvalue weighted by atomic mass is 32.1. The minimum atomic E-state index is 0.677. The molecule has 3 rings (SSSR count). The van der Waals surface area contributed by atoms with E-state index in [9.17, 15) is 0 Å². The Morgan fingerprint density at radius 3 is 2.35 bits per heavy atom. The Kier molecular flexibility index (Phi) is 3.80. The molecule has 0 aliphatic heterocycles. The van der Waals surface area contributed by atoms with Crippen LogP contribution < -0.4 is 5.43 Å². The maximum absolute atomic E-state index is 4.15. The molecule has 98 valence electrons. The van der Waals surface area contributed by atoms with Crippen LogP contribution >= 0.6 is 11.3 Å². The largest absolute Gasteiger partial charge is 0.251 e. The summed E-state index contributed by atoms with van der Waals surface area (Å²) in [7, 11) is 0. The van der Waals surface area contributed by atoms with Gasteiger partial charge in [0.05, 0.1) is 6.21 Å². The Balaban J connectivity index is 1.68. The van der Waals surface area contributed by atoms with Gasteiger partial charge in [-0.1, -0.05) is 72.0 Å². The van der Waals surface area contributed by atoms with Crippen LogP contribution in [-0.4, -0.2) is 16.4 Å². The molecule has 0 spiro atoms. The first-order valence-corrected chi connectivity index (χ1v) is 6.96. The Hall–Kier alpha value is -2.53. The van der Waals surface area contributed by atoms with Gasteiger partial charge in [-0.15, -0.1) is 10.2 Å². The Labute approximate surface area is 120 Å². The lowest BCUT2D eigenvalue weighted by Crippen LogP contribution is -1.89. The number of benzene rings is 2. The number of hydrazone groups is 1. The van der Waals surface area contributed by atoms with Crippen molar-refractivity contribution in [1.82, 2.24) is 10.2 Å². The van der Waals surface area contributed by atoms with Crippen LogP contribution in [0.15, 0.2) is 65.8 Å². The van der Waals surface area contributed by atoms with Crippen LogP contribution in [0.4, 0.5) is 5.13 Å². The number of nitrogens with zero attached hydrogens (tertiary/aromatic N) is 3. The summed E-state index contributed by atoms with van der Waals surface area (Å²) in [6.07, 6.45) is 1.75. The average Bonchev–Trinajstić information content (AvgIpc) is 2.98. The summed E-state index contributed by atoms with van der Waals surface area (Å²) < 4.78 is 0. The van der Waals surface area contributed by atoms with E-state index < -0.39 is 0 Å². The van der Waals surface area contributed by atoms with Gasteiger partial charge in [0, 0.05) is 5.56 Å². The van der Waals surface area contributed by atoms with Crippen LogP contribution in [0.5, 0.6) is 0 Å². The minimum absolute atomic E-state index is 0.677. The molecule has 0 saturated heterocycles. The molecule has 0 fully saturated rings. The fourth-order valence-electron chi connectivity index (χ4n) is 1.67. The molecular weight excluding hydrogens is 268 g/mol. The highest BCUT2D eigenvalue weighted by Gasteiger charge is 2.04. The summed E-state index contributed by atoms with van der Waals surface area (Å²) in [6, 6.07) is 19.9. The van der Waals surface area contributed by atoms with Crippen LogP contribution in [0.25, 0.3) is 10.6 Å². The van der Waals surface area contributed by atoms with Gasteiger partial charge in [0.1, 0.15) is 5.01 Å². The lowest BCUT2D eigenvalue weighted by Gasteiger charge is -1.93. The van der Waals surface area contributed by atoms with E-state index in [1.165, 1.54) is 11.3 Å². The number of aromatic nitrogens is 2. The van der Waals surface area contributed by atoms with E-state index >= 15 is 0 Å². The molecule has 0 aliphatic rings. The first-order chi connectivity index (χ1) is 9.92. The van der Waals surface area contributed by atoms with Gasteiger partial charge in [-0.2, -0.15) is 5.10 Å². The predicted octanol–water partition coefficient (Wildman–Crippen LogP) is 3.65. The highest BCUT2D eigenvalue weighted by Crippen LogP contribution is 2.25. The molecule has 3 aromatic rings. The van der Waals surface area contributed by atoms with E-state index in [0.29, 0.717) is 5.13 Å². The molecule has 1 N–H and O–H groups in total. The molecule has 0 saturated carbocycles. The summed E-state index contributed by atoms with van der Waals surface area (Å²) in [4.78, 5) is 0. The van der Waals surface area contributed by atoms with Crippen LogP contribution in [0, 0.1) is 0 Å². The summed E-state index contributed by atoms with van der Waals surface area (Å²) in [6.45, 7) is 0. The van der Waals surface area contributed by atoms with E-state index in [0.717, 1.165) is 16.1 Å². The van der Waals surface area contributed by atoms with Crippen molar-refractivity contribution in [1.29, 1.82) is 0 Å². The zero-order valence-corrected chi connectivity index (χ0v) is 11.4. The molecule has 1 aromatic heterocycles. The van der Waals surface area contributed by atoms with Gasteiger partial charge in [-0.3, -0.25) is 5.43 Å². The van der Waals surface area contributed by atoms with E-state index in [-0.39, 0.29) is 0 Å². The maximum atomic E-state index is 4.15. The van der Waals surface area contributed by atoms with Crippen molar-refractivity contribution in [3.8, 4) is 10.6 Å². The molecule has 0 unspecified atom stereocenters. The molecule has 2 aromatic carbocycles. The Morgan fingerprint density at radius 2 is 1.60 bits per heavy atom. The third kappa shape index (κ3) is 3.07. The normalized spacial score (nSPS) is 10.8. The van der Waals surface area contributed by atoms with Crippen LogP contribution in [0.3, 0.4) is 0 Å². The monoisotopic (exact) mass is 280 g/mol. The smallest absolute Gasteiger partial charge is 0.226 e. The second kappa shape index (κ2) is 6.08. The summed E-state index contributed by atoms with van der Waals surface area (Å²) >= 11 is 1.47. The van der Waals surface area contributed by atoms with Gasteiger partial charge in [0.25, 0.3) is 0 Å². The van der Waals surface area contributed by atoms with Crippen LogP contribution in [0.1, 0.15) is 5.56 Å². The van der Waals surface area contributed by atoms with E-state index in [4.69, 9.17) is 0 Å². The lowest BCUT2D eigenvalue weighted by atomic mass is 10.2. The van der Waals surface area contributed by atoms with Crippen molar-refractivity contribution < 1.29 is 0 Å². The number of hydrogen-bond donors (Lipinski definition) is 1. The third-order valence-corrected chi connectivity index (χ3v) is 3.50. The van der Waals surface area contributed by atoms with Gasteiger partial charge in [-0.25, -0.2) is 0 Å². The van der Waals surface area contributed by atoms with Crippen molar-refractivity contribution >= 4 is 22.7 Å². The molecular formula is C15H12N4S. The highest BCUT2D eigenvalue weighted by molar-refractivity contribution is 7.18. The van der Waals surface area contributed by atoms with Crippen molar-refractivity contribution in [3.63, 3.8) is 0 Å². The van der Waals surface area contributed by atoms with E-state index in [1.807, 2.05) is 60.7 Å². The zero-order valence-electron chi connectivity index (χ0n) is 10.6. The molecule has 0 bridgehead atoms. The summed E-state index contributed by atoms with van der Waals surface area (Å²) in [5.41, 5.74) is 4.99. The van der Waals surface area contributed by atoms with Crippen molar-refractivity contribution in [3.05, 3.63) is 66.2 Å². The second-order valence-electron chi connectivity index (χ2n) is 4.06. The molecule has 0 amide bonds. The molecule has 4 nitrogen and oxygen atoms in total. The van der Waals surface area contributed by atoms with Crippen molar-refractivity contribution in [2.24, 2.45) is 5.10 Å². The summed E-state index contributed by atoms with van der Waals surface area (Å²) in [5.74, 6) is 0. The van der Waals surface area contributed by atoms with Crippen molar-refractivity contribution in [2.75, 3.05) is 5.43 Å². The molecule has 0 radical (unpaired) electrons. The number of rotatable bonds is 4. The van der Waals surface area contributed by atoms with Crippen molar-refractivity contribution in [2.45, 2.75) is 0 Å². The van der Waals surface area contributed by atoms with E-state index in [1.54, 1.807) is 6.21 Å². The van der Waals surface area contributed by atoms with E-state index in [2.05, 4.69) is 20.7 Å². The van der Waals surface area contributed by atoms with Gasteiger partial charge < -0.3 is 0 Å². The standard InChI is InChI=1S/C15H12N4S/c1-3-7-12(8-4-1)11-16-18-15-19-17-14(20-15)13-9-5-2-6-10-13/h1-11H,(H,18,19)/b16-11-. The quantitative estimate of drug-likeness (QED) is 0.586. The van der Waals surface area contributed by atoms with Gasteiger partial charge in [-0.05, 0) is 5.56 Å². The first kappa shape index (κ1) is 12.5. The average molecular weight is 280 g/mol. The van der Waals surface area contributed by atoms with Gasteiger partial charge >= 0.3 is 0 Å². The topological polar surface area (TPSA) is 50.2 Å². The molecule has 20 heavy (non-hydrogen) atoms. The van der Waals surface area contributed by atoms with Crippen LogP contribution in [0.2, 0.25) is 0 Å².